The molecule has 4 N–H and O–H groups in total. The first-order chi connectivity index (χ1) is 6.16. The Morgan fingerprint density at radius 2 is 2.31 bits per heavy atom. The lowest BCUT2D eigenvalue weighted by atomic mass is 10.1. The van der Waals surface area contributed by atoms with E-state index in [1.54, 1.807) is 25.2 Å². The zero-order chi connectivity index (χ0) is 9.84. The van der Waals surface area contributed by atoms with E-state index in [0.717, 1.165) is 0 Å². The largest absolute Gasteiger partial charge is 0.397 e. The molecule has 1 aromatic carbocycles. The standard InChI is InChI=1S/C9H13ClN2O/c1-12-5-8(13)6-3-2-4-7(10)9(6)11/h2-4,8,12-13H,5,11H2,1H3. The van der Waals surface area contributed by atoms with Gasteiger partial charge < -0.3 is 16.2 Å². The number of anilines is 1. The first-order valence-corrected chi connectivity index (χ1v) is 4.41. The van der Waals surface area contributed by atoms with Gasteiger partial charge in [-0.2, -0.15) is 0 Å². The van der Waals surface area contributed by atoms with E-state index in [9.17, 15) is 5.11 Å². The number of aliphatic hydroxyl groups is 1. The van der Waals surface area contributed by atoms with E-state index in [4.69, 9.17) is 17.3 Å². The molecule has 13 heavy (non-hydrogen) atoms. The van der Waals surface area contributed by atoms with E-state index in [0.29, 0.717) is 22.8 Å². The number of benzene rings is 1. The molecule has 1 rings (SSSR count). The molecular weight excluding hydrogens is 188 g/mol. The van der Waals surface area contributed by atoms with Crippen molar-refractivity contribution in [1.29, 1.82) is 0 Å². The van der Waals surface area contributed by atoms with Crippen LogP contribution in [0, 0.1) is 0 Å². The molecule has 0 aliphatic carbocycles. The van der Waals surface area contributed by atoms with Crippen LogP contribution in [0.3, 0.4) is 0 Å². The van der Waals surface area contributed by atoms with Gasteiger partial charge in [-0.25, -0.2) is 0 Å². The fraction of sp³-hybridized carbons (Fsp3) is 0.333. The Kier molecular flexibility index (Phi) is 3.54. The van der Waals surface area contributed by atoms with E-state index < -0.39 is 6.10 Å². The zero-order valence-electron chi connectivity index (χ0n) is 7.42. The highest BCUT2D eigenvalue weighted by Gasteiger charge is 2.11. The number of aliphatic hydroxyl groups excluding tert-OH is 1. The maximum absolute atomic E-state index is 9.62. The summed E-state index contributed by atoms with van der Waals surface area (Å²) in [5.74, 6) is 0. The van der Waals surface area contributed by atoms with Crippen molar-refractivity contribution in [1.82, 2.24) is 5.32 Å². The second-order valence-electron chi connectivity index (χ2n) is 2.82. The number of hydrogen-bond donors (Lipinski definition) is 3. The number of hydrogen-bond acceptors (Lipinski definition) is 3. The van der Waals surface area contributed by atoms with Gasteiger partial charge in [-0.3, -0.25) is 0 Å². The third-order valence-electron chi connectivity index (χ3n) is 1.84. The lowest BCUT2D eigenvalue weighted by molar-refractivity contribution is 0.178. The zero-order valence-corrected chi connectivity index (χ0v) is 8.17. The van der Waals surface area contributed by atoms with Crippen LogP contribution in [0.4, 0.5) is 5.69 Å². The summed E-state index contributed by atoms with van der Waals surface area (Å²) in [6.07, 6.45) is -0.608. The molecule has 0 bridgehead atoms. The third-order valence-corrected chi connectivity index (χ3v) is 2.17. The number of halogens is 1. The fourth-order valence-electron chi connectivity index (χ4n) is 1.15. The predicted molar refractivity (Wildman–Crippen MR) is 54.8 cm³/mol. The molecule has 1 aromatic rings. The van der Waals surface area contributed by atoms with Crippen molar-refractivity contribution in [3.63, 3.8) is 0 Å². The minimum absolute atomic E-state index is 0.451. The summed E-state index contributed by atoms with van der Waals surface area (Å²) in [4.78, 5) is 0. The highest BCUT2D eigenvalue weighted by atomic mass is 35.5. The normalized spacial score (nSPS) is 12.8. The Balaban J connectivity index is 2.93. The number of rotatable bonds is 3. The molecule has 0 fully saturated rings. The van der Waals surface area contributed by atoms with Gasteiger partial charge in [0.05, 0.1) is 16.8 Å². The van der Waals surface area contributed by atoms with Crippen LogP contribution >= 0.6 is 11.6 Å². The van der Waals surface area contributed by atoms with Crippen LogP contribution in [0.15, 0.2) is 18.2 Å². The van der Waals surface area contributed by atoms with Gasteiger partial charge in [0.1, 0.15) is 0 Å². The second-order valence-corrected chi connectivity index (χ2v) is 3.22. The number of para-hydroxylation sites is 1. The van der Waals surface area contributed by atoms with E-state index in [1.807, 2.05) is 0 Å². The van der Waals surface area contributed by atoms with E-state index in [2.05, 4.69) is 5.32 Å². The monoisotopic (exact) mass is 200 g/mol. The summed E-state index contributed by atoms with van der Waals surface area (Å²) in [6, 6.07) is 5.24. The third kappa shape index (κ3) is 2.34. The Labute approximate surface area is 82.5 Å². The molecule has 0 heterocycles. The number of nitrogens with one attached hydrogen (secondary N) is 1. The summed E-state index contributed by atoms with van der Waals surface area (Å²) >= 11 is 5.80. The first-order valence-electron chi connectivity index (χ1n) is 4.03. The van der Waals surface area contributed by atoms with Crippen LogP contribution in [-0.2, 0) is 0 Å². The molecule has 72 valence electrons. The Morgan fingerprint density at radius 1 is 1.62 bits per heavy atom. The highest BCUT2D eigenvalue weighted by Crippen LogP contribution is 2.26. The van der Waals surface area contributed by atoms with Gasteiger partial charge in [-0.05, 0) is 13.1 Å². The summed E-state index contributed by atoms with van der Waals surface area (Å²) < 4.78 is 0. The lowest BCUT2D eigenvalue weighted by Gasteiger charge is -2.13. The van der Waals surface area contributed by atoms with Gasteiger partial charge >= 0.3 is 0 Å². The SMILES string of the molecule is CNCC(O)c1cccc(Cl)c1N. The Morgan fingerprint density at radius 3 is 2.92 bits per heavy atom. The van der Waals surface area contributed by atoms with E-state index in [1.165, 1.54) is 0 Å². The van der Waals surface area contributed by atoms with Gasteiger partial charge in [0.2, 0.25) is 0 Å². The first kappa shape index (κ1) is 10.3. The molecular formula is C9H13ClN2O. The van der Waals surface area contributed by atoms with Crippen molar-refractivity contribution in [2.75, 3.05) is 19.3 Å². The highest BCUT2D eigenvalue weighted by molar-refractivity contribution is 6.33. The second kappa shape index (κ2) is 4.46. The van der Waals surface area contributed by atoms with Gasteiger partial charge in [-0.1, -0.05) is 23.7 Å². The maximum atomic E-state index is 9.62. The van der Waals surface area contributed by atoms with Crippen LogP contribution in [0.2, 0.25) is 5.02 Å². The van der Waals surface area contributed by atoms with E-state index >= 15 is 0 Å². The van der Waals surface area contributed by atoms with Crippen LogP contribution in [-0.4, -0.2) is 18.7 Å². The molecule has 0 spiro atoms. The van der Waals surface area contributed by atoms with Gasteiger partial charge in [0.15, 0.2) is 0 Å². The van der Waals surface area contributed by atoms with Crippen LogP contribution in [0.5, 0.6) is 0 Å². The molecule has 0 radical (unpaired) electrons. The smallest absolute Gasteiger partial charge is 0.0934 e. The molecule has 1 unspecified atom stereocenters. The lowest BCUT2D eigenvalue weighted by Crippen LogP contribution is -2.17. The van der Waals surface area contributed by atoms with Crippen LogP contribution < -0.4 is 11.1 Å². The molecule has 0 aromatic heterocycles. The molecule has 0 saturated carbocycles. The fourth-order valence-corrected chi connectivity index (χ4v) is 1.33. The van der Waals surface area contributed by atoms with Crippen molar-refractivity contribution < 1.29 is 5.11 Å². The average Bonchev–Trinajstić information content (AvgIpc) is 2.10. The van der Waals surface area contributed by atoms with Crippen molar-refractivity contribution in [2.45, 2.75) is 6.10 Å². The van der Waals surface area contributed by atoms with Crippen LogP contribution in [0.1, 0.15) is 11.7 Å². The molecule has 0 aliphatic rings. The number of nitrogens with two attached hydrogens (primary N) is 1. The Bertz CT molecular complexity index is 291. The molecule has 1 atom stereocenters. The number of nitrogen functional groups attached to an aromatic ring is 1. The maximum Gasteiger partial charge on any atom is 0.0934 e. The quantitative estimate of drug-likeness (QED) is 0.643. The van der Waals surface area contributed by atoms with Crippen molar-refractivity contribution in [2.24, 2.45) is 0 Å². The summed E-state index contributed by atoms with van der Waals surface area (Å²) in [5, 5.41) is 13.0. The molecule has 3 nitrogen and oxygen atoms in total. The molecule has 0 aliphatic heterocycles. The predicted octanol–water partition coefficient (Wildman–Crippen LogP) is 1.18. The Hall–Kier alpha value is -0.770. The number of likely N-dealkylation sites (N-methyl/N-ethyl adjacent to an activating group) is 1. The minimum atomic E-state index is -0.608. The van der Waals surface area contributed by atoms with E-state index in [-0.39, 0.29) is 0 Å². The molecule has 0 amide bonds. The topological polar surface area (TPSA) is 58.3 Å². The summed E-state index contributed by atoms with van der Waals surface area (Å²) in [7, 11) is 1.77. The average molecular weight is 201 g/mol. The van der Waals surface area contributed by atoms with Crippen molar-refractivity contribution in [3.8, 4) is 0 Å². The van der Waals surface area contributed by atoms with Crippen LogP contribution in [0.25, 0.3) is 0 Å². The molecule has 4 heteroatoms. The van der Waals surface area contributed by atoms with Crippen molar-refractivity contribution >= 4 is 17.3 Å². The molecule has 0 saturated heterocycles. The summed E-state index contributed by atoms with van der Waals surface area (Å²) in [5.41, 5.74) is 6.81. The van der Waals surface area contributed by atoms with Gasteiger partial charge in [-0.15, -0.1) is 0 Å². The van der Waals surface area contributed by atoms with Crippen molar-refractivity contribution in [3.05, 3.63) is 28.8 Å². The van der Waals surface area contributed by atoms with Gasteiger partial charge in [0.25, 0.3) is 0 Å². The van der Waals surface area contributed by atoms with Gasteiger partial charge in [0, 0.05) is 12.1 Å². The minimum Gasteiger partial charge on any atom is -0.397 e. The summed E-state index contributed by atoms with van der Waals surface area (Å²) in [6.45, 7) is 0.463.